The van der Waals surface area contributed by atoms with E-state index in [4.69, 9.17) is 9.47 Å². The van der Waals surface area contributed by atoms with Gasteiger partial charge in [0.05, 0.1) is 17.1 Å². The summed E-state index contributed by atoms with van der Waals surface area (Å²) in [5.41, 5.74) is 0. The molecule has 0 aliphatic carbocycles. The van der Waals surface area contributed by atoms with E-state index in [1.54, 1.807) is 6.08 Å². The van der Waals surface area contributed by atoms with Crippen molar-refractivity contribution >= 4 is 22.6 Å². The molecule has 1 aliphatic rings. The molecule has 0 aromatic carbocycles. The van der Waals surface area contributed by atoms with Gasteiger partial charge in [-0.05, 0) is 6.42 Å². The van der Waals surface area contributed by atoms with Crippen LogP contribution >= 0.6 is 22.6 Å². The summed E-state index contributed by atoms with van der Waals surface area (Å²) in [6.07, 6.45) is 2.84. The van der Waals surface area contributed by atoms with Gasteiger partial charge >= 0.3 is 0 Å². The first-order chi connectivity index (χ1) is 4.84. The molecule has 0 aromatic rings. The number of halogens is 1. The average Bonchev–Trinajstić information content (AvgIpc) is 2.31. The molecule has 0 N–H and O–H groups in total. The maximum Gasteiger partial charge on any atom is 0.169 e. The molecule has 0 spiro atoms. The van der Waals surface area contributed by atoms with Gasteiger partial charge in [-0.25, -0.2) is 0 Å². The highest BCUT2D eigenvalue weighted by Gasteiger charge is 2.25. The second kappa shape index (κ2) is 4.31. The number of alkyl halides is 1. The van der Waals surface area contributed by atoms with Crippen LogP contribution < -0.4 is 0 Å². The van der Waals surface area contributed by atoms with Gasteiger partial charge < -0.3 is 9.47 Å². The third kappa shape index (κ3) is 2.21. The van der Waals surface area contributed by atoms with Gasteiger partial charge in [-0.1, -0.05) is 28.7 Å². The van der Waals surface area contributed by atoms with Crippen LogP contribution in [0.1, 0.15) is 6.42 Å². The zero-order valence-corrected chi connectivity index (χ0v) is 7.91. The van der Waals surface area contributed by atoms with Crippen molar-refractivity contribution in [3.8, 4) is 0 Å². The minimum absolute atomic E-state index is 0.00130. The van der Waals surface area contributed by atoms with E-state index in [0.717, 1.165) is 13.0 Å². The minimum Gasteiger partial charge on any atom is -0.351 e. The smallest absolute Gasteiger partial charge is 0.169 e. The standard InChI is InChI=1S/C7H11IO2/c1-2-4-9-7-6(8)3-5-10-7/h2,6-7H,1,3-5H2. The van der Waals surface area contributed by atoms with Crippen molar-refractivity contribution in [3.05, 3.63) is 12.7 Å². The maximum atomic E-state index is 5.32. The van der Waals surface area contributed by atoms with E-state index in [2.05, 4.69) is 29.2 Å². The zero-order chi connectivity index (χ0) is 7.40. The fourth-order valence-electron chi connectivity index (χ4n) is 0.853. The molecule has 1 fully saturated rings. The lowest BCUT2D eigenvalue weighted by molar-refractivity contribution is -0.0967. The van der Waals surface area contributed by atoms with Crippen LogP contribution in [0.2, 0.25) is 0 Å². The van der Waals surface area contributed by atoms with Crippen LogP contribution in [-0.2, 0) is 9.47 Å². The van der Waals surface area contributed by atoms with Gasteiger partial charge in [0.1, 0.15) is 0 Å². The van der Waals surface area contributed by atoms with E-state index in [-0.39, 0.29) is 6.29 Å². The lowest BCUT2D eigenvalue weighted by Gasteiger charge is -2.12. The van der Waals surface area contributed by atoms with Crippen LogP contribution in [-0.4, -0.2) is 23.4 Å². The molecular weight excluding hydrogens is 243 g/mol. The van der Waals surface area contributed by atoms with E-state index in [1.165, 1.54) is 0 Å². The normalized spacial score (nSPS) is 32.5. The van der Waals surface area contributed by atoms with Gasteiger partial charge in [0.25, 0.3) is 0 Å². The Hall–Kier alpha value is 0.390. The molecule has 1 heterocycles. The van der Waals surface area contributed by atoms with Crippen molar-refractivity contribution < 1.29 is 9.47 Å². The molecule has 58 valence electrons. The van der Waals surface area contributed by atoms with E-state index < -0.39 is 0 Å². The number of hydrogen-bond donors (Lipinski definition) is 0. The van der Waals surface area contributed by atoms with Crippen LogP contribution in [0.15, 0.2) is 12.7 Å². The largest absolute Gasteiger partial charge is 0.351 e. The van der Waals surface area contributed by atoms with E-state index in [1.807, 2.05) is 0 Å². The molecule has 0 radical (unpaired) electrons. The monoisotopic (exact) mass is 254 g/mol. The number of ether oxygens (including phenoxy) is 2. The lowest BCUT2D eigenvalue weighted by atomic mass is 10.4. The Kier molecular flexibility index (Phi) is 3.65. The molecule has 2 atom stereocenters. The van der Waals surface area contributed by atoms with Gasteiger partial charge in [-0.2, -0.15) is 0 Å². The van der Waals surface area contributed by atoms with Gasteiger partial charge in [-0.15, -0.1) is 6.58 Å². The molecule has 0 bridgehead atoms. The van der Waals surface area contributed by atoms with Crippen molar-refractivity contribution in [2.75, 3.05) is 13.2 Å². The second-order valence-electron chi connectivity index (χ2n) is 2.17. The van der Waals surface area contributed by atoms with Gasteiger partial charge in [-0.3, -0.25) is 0 Å². The highest BCUT2D eigenvalue weighted by molar-refractivity contribution is 14.1. The summed E-state index contributed by atoms with van der Waals surface area (Å²) >= 11 is 2.35. The molecule has 1 rings (SSSR count). The molecule has 10 heavy (non-hydrogen) atoms. The van der Waals surface area contributed by atoms with Crippen molar-refractivity contribution in [1.82, 2.24) is 0 Å². The average molecular weight is 254 g/mol. The summed E-state index contributed by atoms with van der Waals surface area (Å²) < 4.78 is 11.1. The first-order valence-corrected chi connectivity index (χ1v) is 4.57. The molecule has 0 saturated carbocycles. The molecule has 2 nitrogen and oxygen atoms in total. The third-order valence-corrected chi connectivity index (χ3v) is 2.56. The lowest BCUT2D eigenvalue weighted by Crippen LogP contribution is -2.19. The Morgan fingerprint density at radius 1 is 1.80 bits per heavy atom. The molecular formula is C7H11IO2. The second-order valence-corrected chi connectivity index (χ2v) is 3.77. The van der Waals surface area contributed by atoms with Crippen LogP contribution in [0.5, 0.6) is 0 Å². The van der Waals surface area contributed by atoms with Crippen LogP contribution in [0.25, 0.3) is 0 Å². The number of hydrogen-bond acceptors (Lipinski definition) is 2. The van der Waals surface area contributed by atoms with Crippen molar-refractivity contribution in [2.45, 2.75) is 16.6 Å². The molecule has 1 saturated heterocycles. The Labute approximate surface area is 74.7 Å². The summed E-state index contributed by atoms with van der Waals surface area (Å²) in [7, 11) is 0. The van der Waals surface area contributed by atoms with Crippen LogP contribution in [0.4, 0.5) is 0 Å². The van der Waals surface area contributed by atoms with E-state index >= 15 is 0 Å². The third-order valence-electron chi connectivity index (χ3n) is 1.35. The van der Waals surface area contributed by atoms with Crippen molar-refractivity contribution in [3.63, 3.8) is 0 Å². The predicted octanol–water partition coefficient (Wildman–Crippen LogP) is 1.74. The zero-order valence-electron chi connectivity index (χ0n) is 5.75. The summed E-state index contributed by atoms with van der Waals surface area (Å²) in [5.74, 6) is 0. The fraction of sp³-hybridized carbons (Fsp3) is 0.714. The highest BCUT2D eigenvalue weighted by atomic mass is 127. The highest BCUT2D eigenvalue weighted by Crippen LogP contribution is 2.22. The van der Waals surface area contributed by atoms with Gasteiger partial charge in [0, 0.05) is 0 Å². The number of rotatable bonds is 3. The molecule has 3 heteroatoms. The van der Waals surface area contributed by atoms with E-state index in [9.17, 15) is 0 Å². The Bertz CT molecular complexity index is 116. The topological polar surface area (TPSA) is 18.5 Å². The van der Waals surface area contributed by atoms with E-state index in [0.29, 0.717) is 10.5 Å². The Morgan fingerprint density at radius 2 is 2.60 bits per heavy atom. The molecule has 1 aliphatic heterocycles. The first-order valence-electron chi connectivity index (χ1n) is 3.33. The summed E-state index contributed by atoms with van der Waals surface area (Å²) in [6.45, 7) is 4.98. The summed E-state index contributed by atoms with van der Waals surface area (Å²) in [6, 6.07) is 0. The summed E-state index contributed by atoms with van der Waals surface area (Å²) in [5, 5.41) is 0. The quantitative estimate of drug-likeness (QED) is 0.434. The van der Waals surface area contributed by atoms with Crippen LogP contribution in [0, 0.1) is 0 Å². The Balaban J connectivity index is 2.19. The SMILES string of the molecule is C=CCOC1OCCC1I. The predicted molar refractivity (Wildman–Crippen MR) is 48.3 cm³/mol. The van der Waals surface area contributed by atoms with Crippen LogP contribution in [0.3, 0.4) is 0 Å². The first kappa shape index (κ1) is 8.49. The fourth-order valence-corrected chi connectivity index (χ4v) is 1.52. The molecule has 0 aromatic heterocycles. The van der Waals surface area contributed by atoms with Gasteiger partial charge in [0.2, 0.25) is 0 Å². The van der Waals surface area contributed by atoms with Gasteiger partial charge in [0.15, 0.2) is 6.29 Å². The van der Waals surface area contributed by atoms with Crippen molar-refractivity contribution in [2.24, 2.45) is 0 Å². The molecule has 2 unspecified atom stereocenters. The van der Waals surface area contributed by atoms with Crippen molar-refractivity contribution in [1.29, 1.82) is 0 Å². The Morgan fingerprint density at radius 3 is 3.10 bits per heavy atom. The molecule has 0 amide bonds. The summed E-state index contributed by atoms with van der Waals surface area (Å²) in [4.78, 5) is 0. The maximum absolute atomic E-state index is 5.32. The minimum atomic E-state index is -0.00130.